The topological polar surface area (TPSA) is 50.3 Å². The molecule has 0 aliphatic rings. The van der Waals surface area contributed by atoms with Crippen LogP contribution in [0.5, 0.6) is 0 Å². The Balaban J connectivity index is 1.80. The summed E-state index contributed by atoms with van der Waals surface area (Å²) in [4.78, 5) is 4.21. The number of sulfonamides is 1. The van der Waals surface area contributed by atoms with Crippen molar-refractivity contribution in [3.8, 4) is 0 Å². The Morgan fingerprint density at radius 2 is 1.71 bits per heavy atom. The van der Waals surface area contributed by atoms with E-state index in [1.165, 1.54) is 23.5 Å². The fourth-order valence-corrected chi connectivity index (χ4v) is 5.73. The second-order valence-corrected chi connectivity index (χ2v) is 9.53. The highest BCUT2D eigenvalue weighted by Crippen LogP contribution is 2.36. The molecule has 0 saturated carbocycles. The fraction of sp³-hybridized carbons (Fsp3) is 0.0952. The van der Waals surface area contributed by atoms with Crippen LogP contribution in [0.4, 0.5) is 22.6 Å². The van der Waals surface area contributed by atoms with Gasteiger partial charge in [0.2, 0.25) is 0 Å². The molecule has 4 rings (SSSR count). The van der Waals surface area contributed by atoms with Gasteiger partial charge in [-0.3, -0.25) is 9.29 Å². The van der Waals surface area contributed by atoms with Crippen molar-refractivity contribution in [2.75, 3.05) is 4.31 Å². The molecule has 10 heteroatoms. The monoisotopic (exact) mass is 466 g/mol. The predicted molar refractivity (Wildman–Crippen MR) is 111 cm³/mol. The Morgan fingerprint density at radius 1 is 0.968 bits per heavy atom. The summed E-state index contributed by atoms with van der Waals surface area (Å²) >= 11 is 1.17. The Labute approximate surface area is 179 Å². The van der Waals surface area contributed by atoms with Crippen molar-refractivity contribution >= 4 is 36.6 Å². The van der Waals surface area contributed by atoms with E-state index in [1.807, 2.05) is 0 Å². The van der Waals surface area contributed by atoms with Gasteiger partial charge in [0.1, 0.15) is 10.8 Å². The fourth-order valence-electron chi connectivity index (χ4n) is 3.03. The summed E-state index contributed by atoms with van der Waals surface area (Å²) in [5.74, 6) is -1.46. The highest BCUT2D eigenvalue weighted by molar-refractivity contribution is 7.93. The molecule has 0 N–H and O–H groups in total. The molecule has 0 aliphatic heterocycles. The zero-order valence-electron chi connectivity index (χ0n) is 15.7. The van der Waals surface area contributed by atoms with Crippen molar-refractivity contribution in [3.63, 3.8) is 0 Å². The van der Waals surface area contributed by atoms with Crippen molar-refractivity contribution in [1.82, 2.24) is 4.98 Å². The van der Waals surface area contributed by atoms with Crippen molar-refractivity contribution in [2.24, 2.45) is 0 Å². The maximum absolute atomic E-state index is 14.1. The number of hydrogen-bond donors (Lipinski definition) is 0. The van der Waals surface area contributed by atoms with E-state index in [1.54, 1.807) is 42.6 Å². The van der Waals surface area contributed by atoms with Gasteiger partial charge in [0.05, 0.1) is 27.2 Å². The maximum Gasteiger partial charge on any atom is 0.419 e. The first kappa shape index (κ1) is 21.3. The largest absolute Gasteiger partial charge is 0.419 e. The van der Waals surface area contributed by atoms with E-state index in [9.17, 15) is 26.0 Å². The summed E-state index contributed by atoms with van der Waals surface area (Å²) in [7, 11) is -4.08. The quantitative estimate of drug-likeness (QED) is 0.347. The van der Waals surface area contributed by atoms with Gasteiger partial charge in [0.25, 0.3) is 10.0 Å². The van der Waals surface area contributed by atoms with Crippen LogP contribution in [0.3, 0.4) is 0 Å². The van der Waals surface area contributed by atoms with Crippen molar-refractivity contribution in [2.45, 2.75) is 17.6 Å². The maximum atomic E-state index is 14.1. The van der Waals surface area contributed by atoms with Crippen LogP contribution in [0.1, 0.15) is 11.1 Å². The van der Waals surface area contributed by atoms with Crippen LogP contribution in [0.25, 0.3) is 10.2 Å². The third-order valence-corrected chi connectivity index (χ3v) is 7.52. The summed E-state index contributed by atoms with van der Waals surface area (Å²) in [5.41, 5.74) is -0.746. The number of anilines is 1. The lowest BCUT2D eigenvalue weighted by Crippen LogP contribution is -2.30. The predicted octanol–water partition coefficient (Wildman–Crippen LogP) is 5.85. The molecular weight excluding hydrogens is 452 g/mol. The smallest absolute Gasteiger partial charge is 0.255 e. The molecule has 0 amide bonds. The number of halogens is 4. The van der Waals surface area contributed by atoms with Crippen LogP contribution in [0.2, 0.25) is 0 Å². The molecule has 0 atom stereocenters. The van der Waals surface area contributed by atoms with Crippen molar-refractivity contribution in [1.29, 1.82) is 0 Å². The van der Waals surface area contributed by atoms with Gasteiger partial charge in [-0.1, -0.05) is 24.3 Å². The molecule has 0 saturated heterocycles. The standard InChI is InChI=1S/C21H14F4N2O2S2/c22-17-11-14(8-9-16(17)21(23,24)25)13-27(31(28,29)15-5-2-1-3-6-15)20-12-18-19(30-20)7-4-10-26-18/h1-12H,13H2. The number of benzene rings is 2. The molecule has 2 aromatic carbocycles. The SMILES string of the molecule is O=S(=O)(c1ccccc1)N(Cc1ccc(C(F)(F)F)c(F)c1)c1cc2ncccc2s1. The normalized spacial score (nSPS) is 12.3. The molecule has 2 heterocycles. The van der Waals surface area contributed by atoms with Gasteiger partial charge in [0, 0.05) is 6.20 Å². The van der Waals surface area contributed by atoms with Gasteiger partial charge in [-0.25, -0.2) is 12.8 Å². The second kappa shape index (κ2) is 7.93. The summed E-state index contributed by atoms with van der Waals surface area (Å²) in [5, 5.41) is 0.317. The molecule has 0 aliphatic carbocycles. The highest BCUT2D eigenvalue weighted by Gasteiger charge is 2.34. The molecule has 160 valence electrons. The number of rotatable bonds is 5. The molecule has 2 aromatic heterocycles. The zero-order valence-corrected chi connectivity index (χ0v) is 17.3. The van der Waals surface area contributed by atoms with E-state index in [-0.39, 0.29) is 17.0 Å². The Bertz CT molecular complexity index is 1300. The van der Waals surface area contributed by atoms with Crippen molar-refractivity contribution < 1.29 is 26.0 Å². The number of hydrogen-bond acceptors (Lipinski definition) is 4. The average molecular weight is 466 g/mol. The zero-order chi connectivity index (χ0) is 22.2. The van der Waals surface area contributed by atoms with E-state index in [2.05, 4.69) is 4.98 Å². The van der Waals surface area contributed by atoms with Gasteiger partial charge >= 0.3 is 6.18 Å². The molecule has 0 spiro atoms. The minimum Gasteiger partial charge on any atom is -0.255 e. The molecular formula is C21H14F4N2O2S2. The van der Waals surface area contributed by atoms with Gasteiger partial charge in [-0.15, -0.1) is 11.3 Å². The minimum atomic E-state index is -4.84. The lowest BCUT2D eigenvalue weighted by atomic mass is 10.1. The van der Waals surface area contributed by atoms with Gasteiger partial charge in [-0.2, -0.15) is 13.2 Å². The van der Waals surface area contributed by atoms with E-state index in [4.69, 9.17) is 0 Å². The summed E-state index contributed by atoms with van der Waals surface area (Å²) in [6.07, 6.45) is -3.27. The average Bonchev–Trinajstić information content (AvgIpc) is 3.15. The Hall–Kier alpha value is -2.98. The molecule has 0 radical (unpaired) electrons. The number of pyridine rings is 1. The lowest BCUT2D eigenvalue weighted by molar-refractivity contribution is -0.140. The first-order valence-corrected chi connectivity index (χ1v) is 11.2. The summed E-state index contributed by atoms with van der Waals surface area (Å²) in [6.45, 7) is -0.348. The number of thiophene rings is 1. The van der Waals surface area contributed by atoms with E-state index >= 15 is 0 Å². The molecule has 0 bridgehead atoms. The van der Waals surface area contributed by atoms with Crippen LogP contribution >= 0.6 is 11.3 Å². The molecule has 31 heavy (non-hydrogen) atoms. The minimum absolute atomic E-state index is 0.00722. The molecule has 0 unspecified atom stereocenters. The first-order chi connectivity index (χ1) is 14.7. The van der Waals surface area contributed by atoms with Gasteiger partial charge in [-0.05, 0) is 48.0 Å². The van der Waals surface area contributed by atoms with E-state index < -0.39 is 27.6 Å². The molecule has 4 aromatic rings. The summed E-state index contributed by atoms with van der Waals surface area (Å²) in [6, 6.07) is 15.1. The van der Waals surface area contributed by atoms with E-state index in [0.717, 1.165) is 15.1 Å². The molecule has 0 fully saturated rings. The van der Waals surface area contributed by atoms with Crippen LogP contribution in [0, 0.1) is 5.82 Å². The highest BCUT2D eigenvalue weighted by atomic mass is 32.2. The third-order valence-electron chi connectivity index (χ3n) is 4.52. The van der Waals surface area contributed by atoms with Crippen LogP contribution in [-0.2, 0) is 22.7 Å². The summed E-state index contributed by atoms with van der Waals surface area (Å²) < 4.78 is 81.3. The number of aromatic nitrogens is 1. The van der Waals surface area contributed by atoms with Crippen molar-refractivity contribution in [3.05, 3.63) is 89.9 Å². The number of alkyl halides is 3. The van der Waals surface area contributed by atoms with Crippen LogP contribution < -0.4 is 4.31 Å². The van der Waals surface area contributed by atoms with E-state index in [0.29, 0.717) is 22.7 Å². The van der Waals surface area contributed by atoms with Crippen LogP contribution in [-0.4, -0.2) is 13.4 Å². The van der Waals surface area contributed by atoms with Gasteiger partial charge in [0.15, 0.2) is 0 Å². The Kier molecular flexibility index (Phi) is 5.44. The number of nitrogens with zero attached hydrogens (tertiary/aromatic N) is 2. The lowest BCUT2D eigenvalue weighted by Gasteiger charge is -2.23. The van der Waals surface area contributed by atoms with Gasteiger partial charge < -0.3 is 0 Å². The third kappa shape index (κ3) is 4.26. The molecule has 4 nitrogen and oxygen atoms in total. The number of fused-ring (bicyclic) bond motifs is 1. The van der Waals surface area contributed by atoms with Crippen LogP contribution in [0.15, 0.2) is 77.8 Å². The Morgan fingerprint density at radius 3 is 2.35 bits per heavy atom. The first-order valence-electron chi connectivity index (χ1n) is 8.94. The second-order valence-electron chi connectivity index (χ2n) is 6.61.